The Morgan fingerprint density at radius 1 is 1.00 bits per heavy atom. The lowest BCUT2D eigenvalue weighted by atomic mass is 9.79. The summed E-state index contributed by atoms with van der Waals surface area (Å²) in [7, 11) is 1.76. The van der Waals surface area contributed by atoms with Gasteiger partial charge in [-0.1, -0.05) is 6.92 Å². The lowest BCUT2D eigenvalue weighted by molar-refractivity contribution is -0.213. The number of hydrogen-bond acceptors (Lipinski definition) is 7. The highest BCUT2D eigenvalue weighted by Crippen LogP contribution is 2.29. The molecule has 1 aliphatic heterocycles. The summed E-state index contributed by atoms with van der Waals surface area (Å²) >= 11 is 0. The van der Waals surface area contributed by atoms with E-state index in [1.165, 1.54) is 20.8 Å². The molecule has 1 heterocycles. The molecule has 0 aromatic carbocycles. The van der Waals surface area contributed by atoms with Crippen LogP contribution in [0.1, 0.15) is 27.7 Å². The van der Waals surface area contributed by atoms with Crippen LogP contribution in [0.5, 0.6) is 0 Å². The standard InChI is InChI=1S/C13H21BO7/c1-6-11(19-8(3)16)10(5-18-7(2)15)21-13(14)12(6)20-9(4)17/h6,10-13H,5,14H2,1-4H3/t6?,10?,11-,12?,13+/m1/s1. The van der Waals surface area contributed by atoms with Crippen molar-refractivity contribution in [2.45, 2.75) is 52.0 Å². The largest absolute Gasteiger partial charge is 0.463 e. The van der Waals surface area contributed by atoms with Crippen molar-refractivity contribution in [3.63, 3.8) is 0 Å². The van der Waals surface area contributed by atoms with Gasteiger partial charge in [-0.05, 0) is 0 Å². The van der Waals surface area contributed by atoms with Gasteiger partial charge in [-0.3, -0.25) is 14.4 Å². The maximum atomic E-state index is 11.3. The van der Waals surface area contributed by atoms with Crippen LogP contribution in [-0.4, -0.2) is 56.7 Å². The van der Waals surface area contributed by atoms with Crippen LogP contribution in [0, 0.1) is 5.92 Å². The summed E-state index contributed by atoms with van der Waals surface area (Å²) in [5.41, 5.74) is 0. The van der Waals surface area contributed by atoms with Gasteiger partial charge < -0.3 is 18.9 Å². The number of esters is 3. The third-order valence-electron chi connectivity index (χ3n) is 3.31. The summed E-state index contributed by atoms with van der Waals surface area (Å²) in [5, 5.41) is 0. The molecule has 1 saturated heterocycles. The number of ether oxygens (including phenoxy) is 4. The van der Waals surface area contributed by atoms with Crippen LogP contribution in [0.15, 0.2) is 0 Å². The van der Waals surface area contributed by atoms with Crippen molar-refractivity contribution in [2.24, 2.45) is 5.92 Å². The summed E-state index contributed by atoms with van der Waals surface area (Å²) in [6.07, 6.45) is -1.77. The van der Waals surface area contributed by atoms with Crippen molar-refractivity contribution in [1.29, 1.82) is 0 Å². The topological polar surface area (TPSA) is 88.1 Å². The van der Waals surface area contributed by atoms with Crippen LogP contribution in [0.4, 0.5) is 0 Å². The fraction of sp³-hybridized carbons (Fsp3) is 0.769. The van der Waals surface area contributed by atoms with Crippen molar-refractivity contribution >= 4 is 25.8 Å². The third kappa shape index (κ3) is 5.04. The molecular formula is C13H21BO7. The van der Waals surface area contributed by atoms with Crippen LogP contribution in [0.3, 0.4) is 0 Å². The highest BCUT2D eigenvalue weighted by atomic mass is 16.6. The average molecular weight is 300 g/mol. The van der Waals surface area contributed by atoms with Gasteiger partial charge in [0.15, 0.2) is 0 Å². The minimum absolute atomic E-state index is 0.0191. The van der Waals surface area contributed by atoms with Crippen LogP contribution in [0.25, 0.3) is 0 Å². The Bertz CT molecular complexity index is 409. The van der Waals surface area contributed by atoms with Gasteiger partial charge in [0.25, 0.3) is 0 Å². The van der Waals surface area contributed by atoms with Gasteiger partial charge in [0.05, 0.1) is 6.00 Å². The molecule has 3 unspecified atom stereocenters. The Balaban J connectivity index is 2.86. The van der Waals surface area contributed by atoms with Crippen LogP contribution in [0.2, 0.25) is 0 Å². The molecule has 21 heavy (non-hydrogen) atoms. The van der Waals surface area contributed by atoms with E-state index in [1.54, 1.807) is 14.8 Å². The second-order valence-electron chi connectivity index (χ2n) is 5.19. The van der Waals surface area contributed by atoms with E-state index >= 15 is 0 Å². The molecule has 0 bridgehead atoms. The van der Waals surface area contributed by atoms with Crippen LogP contribution < -0.4 is 0 Å². The molecular weight excluding hydrogens is 279 g/mol. The second kappa shape index (κ2) is 7.45. The summed E-state index contributed by atoms with van der Waals surface area (Å²) in [6.45, 7) is 5.67. The highest BCUT2D eigenvalue weighted by molar-refractivity contribution is 6.11. The Kier molecular flexibility index (Phi) is 6.20. The maximum Gasteiger partial charge on any atom is 0.303 e. The predicted molar refractivity (Wildman–Crippen MR) is 74.1 cm³/mol. The van der Waals surface area contributed by atoms with Crippen molar-refractivity contribution in [3.05, 3.63) is 0 Å². The van der Waals surface area contributed by atoms with Crippen molar-refractivity contribution < 1.29 is 33.3 Å². The highest BCUT2D eigenvalue weighted by Gasteiger charge is 2.45. The van der Waals surface area contributed by atoms with Gasteiger partial charge in [-0.15, -0.1) is 0 Å². The molecule has 0 amide bonds. The van der Waals surface area contributed by atoms with Crippen LogP contribution in [-0.2, 0) is 33.3 Å². The first-order valence-corrected chi connectivity index (χ1v) is 6.85. The van der Waals surface area contributed by atoms with Gasteiger partial charge in [0.1, 0.15) is 32.8 Å². The zero-order valence-corrected chi connectivity index (χ0v) is 13.0. The lowest BCUT2D eigenvalue weighted by Crippen LogP contribution is -2.57. The van der Waals surface area contributed by atoms with E-state index in [4.69, 9.17) is 18.9 Å². The zero-order valence-electron chi connectivity index (χ0n) is 13.0. The minimum atomic E-state index is -0.651. The predicted octanol–water partition coefficient (Wildman–Crippen LogP) is -0.593. The molecule has 0 aliphatic carbocycles. The molecule has 1 aliphatic rings. The zero-order chi connectivity index (χ0) is 16.2. The molecule has 0 aromatic rings. The van der Waals surface area contributed by atoms with Crippen LogP contribution >= 0.6 is 0 Å². The molecule has 0 radical (unpaired) electrons. The van der Waals surface area contributed by atoms with E-state index in [2.05, 4.69) is 0 Å². The minimum Gasteiger partial charge on any atom is -0.463 e. The summed E-state index contributed by atoms with van der Waals surface area (Å²) in [5.74, 6) is -1.62. The van der Waals surface area contributed by atoms with E-state index < -0.39 is 42.2 Å². The van der Waals surface area contributed by atoms with Gasteiger partial charge in [0, 0.05) is 26.7 Å². The van der Waals surface area contributed by atoms with E-state index in [0.29, 0.717) is 0 Å². The fourth-order valence-corrected chi connectivity index (χ4v) is 2.49. The molecule has 0 saturated carbocycles. The first kappa shape index (κ1) is 17.5. The monoisotopic (exact) mass is 300 g/mol. The summed E-state index contributed by atoms with van der Waals surface area (Å²) < 4.78 is 21.1. The van der Waals surface area contributed by atoms with Gasteiger partial charge in [0.2, 0.25) is 0 Å². The Hall–Kier alpha value is -1.57. The molecule has 7 nitrogen and oxygen atoms in total. The number of hydrogen-bond donors (Lipinski definition) is 0. The first-order chi connectivity index (χ1) is 9.72. The molecule has 118 valence electrons. The smallest absolute Gasteiger partial charge is 0.303 e. The second-order valence-corrected chi connectivity index (χ2v) is 5.19. The van der Waals surface area contributed by atoms with Crippen molar-refractivity contribution in [2.75, 3.05) is 6.61 Å². The molecule has 0 N–H and O–H groups in total. The summed E-state index contributed by atoms with van der Waals surface area (Å²) in [4.78, 5) is 33.4. The molecule has 1 fully saturated rings. The van der Waals surface area contributed by atoms with E-state index in [0.717, 1.165) is 0 Å². The summed E-state index contributed by atoms with van der Waals surface area (Å²) in [6, 6.07) is -0.392. The van der Waals surface area contributed by atoms with Crippen molar-refractivity contribution in [3.8, 4) is 0 Å². The normalized spacial score (nSPS) is 32.1. The quantitative estimate of drug-likeness (QED) is 0.389. The van der Waals surface area contributed by atoms with E-state index in [9.17, 15) is 14.4 Å². The molecule has 5 atom stereocenters. The Morgan fingerprint density at radius 2 is 1.52 bits per heavy atom. The number of carbonyl (C=O) groups is 3. The Morgan fingerprint density at radius 3 is 2.00 bits per heavy atom. The SMILES string of the molecule is B[C@H]1OC(COC(C)=O)[C@H](OC(C)=O)C(C)C1OC(C)=O. The first-order valence-electron chi connectivity index (χ1n) is 6.85. The fourth-order valence-electron chi connectivity index (χ4n) is 2.49. The van der Waals surface area contributed by atoms with Gasteiger partial charge >= 0.3 is 17.9 Å². The molecule has 8 heteroatoms. The Labute approximate surface area is 124 Å². The number of carbonyl (C=O) groups excluding carboxylic acids is 3. The average Bonchev–Trinajstić information content (AvgIpc) is 2.35. The molecule has 1 rings (SSSR count). The molecule has 0 aromatic heterocycles. The van der Waals surface area contributed by atoms with Gasteiger partial charge in [-0.25, -0.2) is 0 Å². The lowest BCUT2D eigenvalue weighted by Gasteiger charge is -2.43. The van der Waals surface area contributed by atoms with Crippen molar-refractivity contribution in [1.82, 2.24) is 0 Å². The van der Waals surface area contributed by atoms with Gasteiger partial charge in [-0.2, -0.15) is 0 Å². The number of rotatable bonds is 4. The van der Waals surface area contributed by atoms with E-state index in [-0.39, 0.29) is 12.5 Å². The molecule has 0 spiro atoms. The third-order valence-corrected chi connectivity index (χ3v) is 3.31. The van der Waals surface area contributed by atoms with E-state index in [1.807, 2.05) is 0 Å². The maximum absolute atomic E-state index is 11.3.